The number of hydrogen-bond donors (Lipinski definition) is 0. The Morgan fingerprint density at radius 3 is 2.33 bits per heavy atom. The third kappa shape index (κ3) is 4.78. The van der Waals surface area contributed by atoms with Crippen LogP contribution in [0.25, 0.3) is 0 Å². The number of allylic oxidation sites excluding steroid dienone is 4. The molecule has 4 heteroatoms. The molecule has 0 saturated heterocycles. The van der Waals surface area contributed by atoms with E-state index >= 15 is 0 Å². The van der Waals surface area contributed by atoms with E-state index in [9.17, 15) is 0 Å². The zero-order valence-corrected chi connectivity index (χ0v) is 24.4. The van der Waals surface area contributed by atoms with Gasteiger partial charge in [-0.3, -0.25) is 0 Å². The van der Waals surface area contributed by atoms with Crippen LogP contribution in [0.15, 0.2) is 37.1 Å². The summed E-state index contributed by atoms with van der Waals surface area (Å²) in [6.07, 6.45) is 17.8. The Balaban J connectivity index is 1.45. The Morgan fingerprint density at radius 2 is 1.64 bits per heavy atom. The maximum atomic E-state index is 6.81. The van der Waals surface area contributed by atoms with Crippen LogP contribution in [-0.4, -0.2) is 22.7 Å². The summed E-state index contributed by atoms with van der Waals surface area (Å²) in [4.78, 5) is 0. The van der Waals surface area contributed by atoms with Crippen molar-refractivity contribution in [3.8, 4) is 0 Å². The van der Waals surface area contributed by atoms with Crippen LogP contribution in [0.5, 0.6) is 0 Å². The van der Waals surface area contributed by atoms with Gasteiger partial charge in [0.15, 0.2) is 8.32 Å². The highest BCUT2D eigenvalue weighted by atomic mass is 28.4. The van der Waals surface area contributed by atoms with Gasteiger partial charge in [-0.2, -0.15) is 0 Å². The van der Waals surface area contributed by atoms with Crippen LogP contribution in [0.1, 0.15) is 65.2 Å². The summed E-state index contributed by atoms with van der Waals surface area (Å²) >= 11 is 0. The van der Waals surface area contributed by atoms with E-state index in [0.717, 1.165) is 35.8 Å². The molecule has 0 aromatic carbocycles. The molecule has 0 amide bonds. The topological polar surface area (TPSA) is 18.5 Å². The van der Waals surface area contributed by atoms with Crippen molar-refractivity contribution in [2.45, 2.75) is 110 Å². The quantitative estimate of drug-likeness (QED) is 0.252. The number of hydrogen-bond acceptors (Lipinski definition) is 2. The molecule has 0 bridgehead atoms. The summed E-state index contributed by atoms with van der Waals surface area (Å²) in [5.74, 6) is 4.74. The molecule has 3 saturated carbocycles. The first-order valence-electron chi connectivity index (χ1n) is 13.7. The highest BCUT2D eigenvalue weighted by Crippen LogP contribution is 2.66. The van der Waals surface area contributed by atoms with Crippen molar-refractivity contribution < 1.29 is 8.85 Å². The minimum Gasteiger partial charge on any atom is -0.547 e. The van der Waals surface area contributed by atoms with E-state index < -0.39 is 16.6 Å². The lowest BCUT2D eigenvalue weighted by atomic mass is 9.45. The Morgan fingerprint density at radius 1 is 0.939 bits per heavy atom. The molecule has 0 aliphatic heterocycles. The van der Waals surface area contributed by atoms with Crippen molar-refractivity contribution in [2.75, 3.05) is 0 Å². The summed E-state index contributed by atoms with van der Waals surface area (Å²) in [7, 11) is -3.32. The number of rotatable bonds is 8. The zero-order chi connectivity index (χ0) is 24.1. The first-order chi connectivity index (χ1) is 15.4. The molecule has 3 fully saturated rings. The van der Waals surface area contributed by atoms with Crippen LogP contribution < -0.4 is 0 Å². The fraction of sp³-hybridized carbons (Fsp3) is 0.793. The largest absolute Gasteiger partial charge is 0.547 e. The molecule has 4 aliphatic carbocycles. The zero-order valence-electron chi connectivity index (χ0n) is 22.4. The summed E-state index contributed by atoms with van der Waals surface area (Å²) in [5, 5.41) is 0. The Bertz CT molecular complexity index is 786. The molecule has 0 N–H and O–H groups in total. The van der Waals surface area contributed by atoms with Gasteiger partial charge in [0.25, 0.3) is 0 Å². The predicted molar refractivity (Wildman–Crippen MR) is 146 cm³/mol. The molecule has 0 radical (unpaired) electrons. The van der Waals surface area contributed by atoms with Crippen molar-refractivity contribution in [1.29, 1.82) is 0 Å². The molecule has 33 heavy (non-hydrogen) atoms. The first kappa shape index (κ1) is 25.5. The molecule has 4 rings (SSSR count). The fourth-order valence-corrected chi connectivity index (χ4v) is 12.1. The Labute approximate surface area is 206 Å². The maximum absolute atomic E-state index is 6.81. The molecule has 0 aromatic rings. The van der Waals surface area contributed by atoms with Crippen LogP contribution in [0.3, 0.4) is 0 Å². The van der Waals surface area contributed by atoms with Gasteiger partial charge in [-0.1, -0.05) is 26.0 Å². The van der Waals surface area contributed by atoms with Crippen molar-refractivity contribution in [3.63, 3.8) is 0 Å². The monoisotopic (exact) mass is 486 g/mol. The second-order valence-corrected chi connectivity index (χ2v) is 21.8. The molecule has 0 heterocycles. The summed E-state index contributed by atoms with van der Waals surface area (Å²) < 4.78 is 13.6. The average Bonchev–Trinajstić information content (AvgIpc) is 3.03. The van der Waals surface area contributed by atoms with Crippen molar-refractivity contribution >= 4 is 16.6 Å². The van der Waals surface area contributed by atoms with E-state index in [-0.39, 0.29) is 5.41 Å². The molecule has 2 nitrogen and oxygen atoms in total. The van der Waals surface area contributed by atoms with Gasteiger partial charge < -0.3 is 8.85 Å². The van der Waals surface area contributed by atoms with Crippen molar-refractivity contribution in [3.05, 3.63) is 37.1 Å². The standard InChI is InChI=1S/C29H50O2Si2/c1-9-19-32(5,6)30-23-15-17-28(3)22(21-23)11-12-24-25-13-14-27(31-33(7,8)20-10-2)29(25,4)18-16-26(24)28/h9-10,14,22-26H,1-2,11-13,15-21H2,3-8H3/t22-,23+,24?,25?,26?,28+,29+/m1/s1. The van der Waals surface area contributed by atoms with Crippen LogP contribution >= 0.6 is 0 Å². The SMILES string of the molecule is C=CC[Si](C)(C)OC1=CCC2C3CC[C@@H]4C[C@@H](O[Si](C)(C)CC=C)CC[C@]4(C)C3CC[C@]12C. The second-order valence-electron chi connectivity index (χ2n) is 13.5. The molecular formula is C29H50O2Si2. The summed E-state index contributed by atoms with van der Waals surface area (Å²) in [6, 6.07) is 2.10. The Hall–Kier alpha value is -0.586. The minimum absolute atomic E-state index is 0.260. The van der Waals surface area contributed by atoms with Gasteiger partial charge in [0.2, 0.25) is 8.32 Å². The highest BCUT2D eigenvalue weighted by molar-refractivity contribution is 6.72. The highest BCUT2D eigenvalue weighted by Gasteiger charge is 2.59. The number of fused-ring (bicyclic) bond motifs is 5. The average molecular weight is 487 g/mol. The molecule has 3 unspecified atom stereocenters. The van der Waals surface area contributed by atoms with Crippen molar-refractivity contribution in [2.24, 2.45) is 34.5 Å². The van der Waals surface area contributed by atoms with Crippen LogP contribution in [-0.2, 0) is 8.85 Å². The third-order valence-corrected chi connectivity index (χ3v) is 14.6. The van der Waals surface area contributed by atoms with Gasteiger partial charge in [-0.25, -0.2) is 0 Å². The summed E-state index contributed by atoms with van der Waals surface area (Å²) in [5.41, 5.74) is 0.769. The molecule has 186 valence electrons. The van der Waals surface area contributed by atoms with E-state index in [2.05, 4.69) is 71.4 Å². The van der Waals surface area contributed by atoms with Gasteiger partial charge in [-0.15, -0.1) is 13.2 Å². The fourth-order valence-electron chi connectivity index (χ4n) is 8.55. The van der Waals surface area contributed by atoms with E-state index in [4.69, 9.17) is 8.85 Å². The van der Waals surface area contributed by atoms with Gasteiger partial charge >= 0.3 is 0 Å². The van der Waals surface area contributed by atoms with Crippen LogP contribution in [0.2, 0.25) is 38.3 Å². The lowest BCUT2D eigenvalue weighted by molar-refractivity contribution is -0.119. The van der Waals surface area contributed by atoms with Crippen LogP contribution in [0, 0.1) is 34.5 Å². The third-order valence-electron chi connectivity index (χ3n) is 10.3. The Kier molecular flexibility index (Phi) is 7.06. The van der Waals surface area contributed by atoms with E-state index in [1.54, 1.807) is 0 Å². The molecular weight excluding hydrogens is 436 g/mol. The predicted octanol–water partition coefficient (Wildman–Crippen LogP) is 8.71. The van der Waals surface area contributed by atoms with Gasteiger partial charge in [0, 0.05) is 11.5 Å². The molecule has 4 aliphatic rings. The normalized spacial score (nSPS) is 40.8. The second kappa shape index (κ2) is 9.13. The van der Waals surface area contributed by atoms with E-state index in [1.807, 2.05) is 0 Å². The maximum Gasteiger partial charge on any atom is 0.248 e. The molecule has 0 spiro atoms. The van der Waals surface area contributed by atoms with E-state index in [1.165, 1.54) is 57.1 Å². The van der Waals surface area contributed by atoms with Gasteiger partial charge in [0.1, 0.15) is 0 Å². The van der Waals surface area contributed by atoms with Gasteiger partial charge in [-0.05, 0) is 125 Å². The lowest BCUT2D eigenvalue weighted by Crippen LogP contribution is -2.54. The molecule has 0 aromatic heterocycles. The summed E-state index contributed by atoms with van der Waals surface area (Å²) in [6.45, 7) is 22.6. The lowest BCUT2D eigenvalue weighted by Gasteiger charge is -2.61. The molecule has 7 atom stereocenters. The smallest absolute Gasteiger partial charge is 0.248 e. The van der Waals surface area contributed by atoms with Gasteiger partial charge in [0.05, 0.1) is 5.76 Å². The first-order valence-corrected chi connectivity index (χ1v) is 20.0. The van der Waals surface area contributed by atoms with Crippen LogP contribution in [0.4, 0.5) is 0 Å². The minimum atomic E-state index is -1.71. The van der Waals surface area contributed by atoms with Crippen molar-refractivity contribution in [1.82, 2.24) is 0 Å². The van der Waals surface area contributed by atoms with E-state index in [0.29, 0.717) is 11.5 Å².